The summed E-state index contributed by atoms with van der Waals surface area (Å²) in [5.74, 6) is 0. The van der Waals surface area contributed by atoms with E-state index in [1.807, 2.05) is 48.5 Å². The number of benzene rings is 2. The Morgan fingerprint density at radius 2 is 1.50 bits per heavy atom. The Hall–Kier alpha value is -1.68. The van der Waals surface area contributed by atoms with Gasteiger partial charge >= 0.3 is 0 Å². The zero-order valence-corrected chi connectivity index (χ0v) is 11.5. The van der Waals surface area contributed by atoms with E-state index in [1.54, 1.807) is 0 Å². The SMILES string of the molecule is O[C@@H](CCc1ccccc1)CNOCc1ccccc1. The van der Waals surface area contributed by atoms with Crippen molar-refractivity contribution in [2.24, 2.45) is 0 Å². The lowest BCUT2D eigenvalue weighted by Crippen LogP contribution is -2.27. The van der Waals surface area contributed by atoms with Crippen molar-refractivity contribution < 1.29 is 9.94 Å². The van der Waals surface area contributed by atoms with E-state index >= 15 is 0 Å². The molecule has 0 heterocycles. The molecule has 0 spiro atoms. The minimum Gasteiger partial charge on any atom is -0.392 e. The number of hydroxylamine groups is 1. The number of hydrogen-bond donors (Lipinski definition) is 2. The van der Waals surface area contributed by atoms with Gasteiger partial charge in [0.1, 0.15) is 0 Å². The van der Waals surface area contributed by atoms with E-state index in [0.717, 1.165) is 18.4 Å². The number of aliphatic hydroxyl groups excluding tert-OH is 1. The third kappa shape index (κ3) is 5.53. The molecule has 0 saturated carbocycles. The van der Waals surface area contributed by atoms with E-state index in [9.17, 15) is 5.11 Å². The molecule has 106 valence electrons. The van der Waals surface area contributed by atoms with Crippen LogP contribution >= 0.6 is 0 Å². The highest BCUT2D eigenvalue weighted by Gasteiger charge is 2.04. The summed E-state index contributed by atoms with van der Waals surface area (Å²) in [6.45, 7) is 0.950. The Kier molecular flexibility index (Phi) is 6.24. The molecule has 0 aliphatic rings. The molecule has 0 aliphatic heterocycles. The second kappa shape index (κ2) is 8.48. The van der Waals surface area contributed by atoms with Crippen LogP contribution in [0.25, 0.3) is 0 Å². The third-order valence-electron chi connectivity index (χ3n) is 3.11. The molecular weight excluding hydrogens is 250 g/mol. The van der Waals surface area contributed by atoms with Gasteiger partial charge in [-0.15, -0.1) is 0 Å². The van der Waals surface area contributed by atoms with Crippen LogP contribution in [0.3, 0.4) is 0 Å². The van der Waals surface area contributed by atoms with Crippen LogP contribution in [0.5, 0.6) is 0 Å². The fraction of sp³-hybridized carbons (Fsp3) is 0.294. The molecule has 1 atom stereocenters. The normalized spacial score (nSPS) is 12.2. The van der Waals surface area contributed by atoms with Crippen LogP contribution in [0.4, 0.5) is 0 Å². The summed E-state index contributed by atoms with van der Waals surface area (Å²) >= 11 is 0. The average Bonchev–Trinajstić information content (AvgIpc) is 2.52. The van der Waals surface area contributed by atoms with Gasteiger partial charge in [-0.3, -0.25) is 4.84 Å². The van der Waals surface area contributed by atoms with E-state index in [4.69, 9.17) is 4.84 Å². The number of rotatable bonds is 8. The van der Waals surface area contributed by atoms with Gasteiger partial charge in [0, 0.05) is 6.54 Å². The Morgan fingerprint density at radius 3 is 2.15 bits per heavy atom. The van der Waals surface area contributed by atoms with Gasteiger partial charge in [-0.2, -0.15) is 5.48 Å². The van der Waals surface area contributed by atoms with E-state index < -0.39 is 6.10 Å². The zero-order valence-electron chi connectivity index (χ0n) is 11.5. The Labute approximate surface area is 120 Å². The van der Waals surface area contributed by atoms with Crippen molar-refractivity contribution in [2.75, 3.05) is 6.54 Å². The van der Waals surface area contributed by atoms with Crippen LogP contribution in [0.15, 0.2) is 60.7 Å². The quantitative estimate of drug-likeness (QED) is 0.573. The monoisotopic (exact) mass is 271 g/mol. The predicted octanol–water partition coefficient (Wildman–Crippen LogP) is 2.70. The molecule has 3 nitrogen and oxygen atoms in total. The number of hydrogen-bond acceptors (Lipinski definition) is 3. The Balaban J connectivity index is 1.57. The highest BCUT2D eigenvalue weighted by atomic mass is 16.6. The van der Waals surface area contributed by atoms with Crippen LogP contribution in [-0.4, -0.2) is 17.8 Å². The summed E-state index contributed by atoms with van der Waals surface area (Å²) in [6, 6.07) is 20.1. The maximum Gasteiger partial charge on any atom is 0.0933 e. The fourth-order valence-corrected chi connectivity index (χ4v) is 1.94. The molecule has 0 saturated heterocycles. The number of aryl methyl sites for hydroxylation is 1. The first-order chi connectivity index (χ1) is 9.84. The molecule has 0 aromatic heterocycles. The van der Waals surface area contributed by atoms with Crippen molar-refractivity contribution in [2.45, 2.75) is 25.6 Å². The molecule has 0 bridgehead atoms. The van der Waals surface area contributed by atoms with Gasteiger partial charge in [0.15, 0.2) is 0 Å². The second-order valence-electron chi connectivity index (χ2n) is 4.80. The summed E-state index contributed by atoms with van der Waals surface area (Å²) in [6.07, 6.45) is 1.21. The molecule has 0 amide bonds. The third-order valence-corrected chi connectivity index (χ3v) is 3.11. The minimum absolute atomic E-state index is 0.397. The van der Waals surface area contributed by atoms with Crippen LogP contribution in [0.2, 0.25) is 0 Å². The molecule has 2 N–H and O–H groups in total. The van der Waals surface area contributed by atoms with Gasteiger partial charge in [0.2, 0.25) is 0 Å². The lowest BCUT2D eigenvalue weighted by molar-refractivity contribution is 0.00179. The first-order valence-electron chi connectivity index (χ1n) is 6.95. The zero-order chi connectivity index (χ0) is 14.0. The summed E-state index contributed by atoms with van der Waals surface area (Å²) in [5, 5.41) is 9.87. The molecule has 3 heteroatoms. The van der Waals surface area contributed by atoms with Crippen molar-refractivity contribution in [3.8, 4) is 0 Å². The maximum atomic E-state index is 9.87. The summed E-state index contributed by atoms with van der Waals surface area (Å²) in [4.78, 5) is 5.33. The van der Waals surface area contributed by atoms with Gasteiger partial charge < -0.3 is 5.11 Å². The van der Waals surface area contributed by atoms with Gasteiger partial charge in [-0.05, 0) is 24.0 Å². The molecule has 20 heavy (non-hydrogen) atoms. The molecule has 0 unspecified atom stereocenters. The highest BCUT2D eigenvalue weighted by molar-refractivity contribution is 5.15. The lowest BCUT2D eigenvalue weighted by atomic mass is 10.1. The van der Waals surface area contributed by atoms with E-state index in [1.165, 1.54) is 5.56 Å². The second-order valence-corrected chi connectivity index (χ2v) is 4.80. The summed E-state index contributed by atoms with van der Waals surface area (Å²) in [7, 11) is 0. The average molecular weight is 271 g/mol. The van der Waals surface area contributed by atoms with Crippen LogP contribution in [0.1, 0.15) is 17.5 Å². The topological polar surface area (TPSA) is 41.5 Å². The maximum absolute atomic E-state index is 9.87. The van der Waals surface area contributed by atoms with E-state index in [-0.39, 0.29) is 0 Å². The highest BCUT2D eigenvalue weighted by Crippen LogP contribution is 2.05. The molecule has 2 aromatic carbocycles. The Bertz CT molecular complexity index is 473. The largest absolute Gasteiger partial charge is 0.392 e. The molecule has 2 aromatic rings. The van der Waals surface area contributed by atoms with Crippen molar-refractivity contribution in [1.82, 2.24) is 5.48 Å². The minimum atomic E-state index is -0.397. The summed E-state index contributed by atoms with van der Waals surface area (Å²) in [5.41, 5.74) is 5.18. The molecule has 2 rings (SSSR count). The lowest BCUT2D eigenvalue weighted by Gasteiger charge is -2.12. The van der Waals surface area contributed by atoms with E-state index in [2.05, 4.69) is 17.6 Å². The van der Waals surface area contributed by atoms with Crippen molar-refractivity contribution in [3.05, 3.63) is 71.8 Å². The predicted molar refractivity (Wildman–Crippen MR) is 80.0 cm³/mol. The van der Waals surface area contributed by atoms with E-state index in [0.29, 0.717) is 13.2 Å². The first kappa shape index (κ1) is 14.7. The first-order valence-corrected chi connectivity index (χ1v) is 6.95. The molecule has 0 radical (unpaired) electrons. The fourth-order valence-electron chi connectivity index (χ4n) is 1.94. The number of nitrogens with one attached hydrogen (secondary N) is 1. The molecule has 0 aliphatic carbocycles. The van der Waals surface area contributed by atoms with Gasteiger partial charge in [0.25, 0.3) is 0 Å². The number of aliphatic hydroxyl groups is 1. The molecule has 0 fully saturated rings. The van der Waals surface area contributed by atoms with Gasteiger partial charge in [-0.1, -0.05) is 60.7 Å². The molecular formula is C17H21NO2. The van der Waals surface area contributed by atoms with Crippen molar-refractivity contribution in [3.63, 3.8) is 0 Å². The van der Waals surface area contributed by atoms with Crippen LogP contribution in [0, 0.1) is 0 Å². The van der Waals surface area contributed by atoms with Crippen LogP contribution in [-0.2, 0) is 17.9 Å². The van der Waals surface area contributed by atoms with Crippen molar-refractivity contribution in [1.29, 1.82) is 0 Å². The smallest absolute Gasteiger partial charge is 0.0933 e. The standard InChI is InChI=1S/C17H21NO2/c19-17(12-11-15-7-3-1-4-8-15)13-18-20-14-16-9-5-2-6-10-16/h1-10,17-19H,11-14H2/t17-/m0/s1. The van der Waals surface area contributed by atoms with Crippen LogP contribution < -0.4 is 5.48 Å². The van der Waals surface area contributed by atoms with Gasteiger partial charge in [-0.25, -0.2) is 0 Å². The Morgan fingerprint density at radius 1 is 0.900 bits per heavy atom. The summed E-state index contributed by atoms with van der Waals surface area (Å²) < 4.78 is 0. The van der Waals surface area contributed by atoms with Crippen molar-refractivity contribution >= 4 is 0 Å². The van der Waals surface area contributed by atoms with Gasteiger partial charge in [0.05, 0.1) is 12.7 Å².